The number of amides is 2. The molecule has 0 radical (unpaired) electrons. The largest absolute Gasteiger partial charge is 0.278 e. The van der Waals surface area contributed by atoms with Crippen molar-refractivity contribution in [3.05, 3.63) is 42.1 Å². The summed E-state index contributed by atoms with van der Waals surface area (Å²) in [5.41, 5.74) is 1.79. The first-order valence-electron chi connectivity index (χ1n) is 5.19. The number of nitrogens with zero attached hydrogens (tertiary/aromatic N) is 2. The van der Waals surface area contributed by atoms with Crippen molar-refractivity contribution in [1.29, 1.82) is 0 Å². The van der Waals surface area contributed by atoms with Crippen molar-refractivity contribution in [1.82, 2.24) is 15.1 Å². The van der Waals surface area contributed by atoms with Crippen LogP contribution in [0, 0.1) is 0 Å². The molecule has 0 saturated carbocycles. The third-order valence-electron chi connectivity index (χ3n) is 2.75. The van der Waals surface area contributed by atoms with Gasteiger partial charge in [0.1, 0.15) is 0 Å². The average Bonchev–Trinajstić information content (AvgIpc) is 2.90. The maximum atomic E-state index is 11.4. The van der Waals surface area contributed by atoms with Gasteiger partial charge in [0.2, 0.25) is 0 Å². The fraction of sp³-hybridized carbons (Fsp3) is 0.0833. The van der Waals surface area contributed by atoms with Gasteiger partial charge in [-0.2, -0.15) is 5.10 Å². The zero-order chi connectivity index (χ0) is 11.8. The Labute approximate surface area is 96.7 Å². The van der Waals surface area contributed by atoms with Crippen LogP contribution < -0.4 is 0 Å². The van der Waals surface area contributed by atoms with E-state index in [1.807, 2.05) is 18.2 Å². The highest BCUT2D eigenvalue weighted by atomic mass is 16.2. The molecular formula is C12H9N3O2. The van der Waals surface area contributed by atoms with Gasteiger partial charge in [-0.1, -0.05) is 12.1 Å². The van der Waals surface area contributed by atoms with Crippen LogP contribution in [0.2, 0.25) is 0 Å². The van der Waals surface area contributed by atoms with E-state index in [-0.39, 0.29) is 11.8 Å². The summed E-state index contributed by atoms with van der Waals surface area (Å²) in [4.78, 5) is 24.0. The number of carbonyl (C=O) groups excluding carboxylic acids is 2. The van der Waals surface area contributed by atoms with E-state index in [0.29, 0.717) is 6.54 Å². The van der Waals surface area contributed by atoms with Crippen LogP contribution in [0.1, 0.15) is 5.56 Å². The fourth-order valence-corrected chi connectivity index (χ4v) is 1.85. The van der Waals surface area contributed by atoms with Gasteiger partial charge in [0.15, 0.2) is 0 Å². The van der Waals surface area contributed by atoms with Gasteiger partial charge in [-0.05, 0) is 11.6 Å². The number of fused-ring (bicyclic) bond motifs is 1. The maximum absolute atomic E-state index is 11.4. The van der Waals surface area contributed by atoms with E-state index >= 15 is 0 Å². The third-order valence-corrected chi connectivity index (χ3v) is 2.75. The molecule has 2 aromatic rings. The van der Waals surface area contributed by atoms with Crippen LogP contribution in [0.4, 0.5) is 0 Å². The van der Waals surface area contributed by atoms with Crippen molar-refractivity contribution < 1.29 is 9.59 Å². The van der Waals surface area contributed by atoms with E-state index in [1.54, 1.807) is 6.20 Å². The third kappa shape index (κ3) is 1.61. The lowest BCUT2D eigenvalue weighted by molar-refractivity contribution is -0.137. The summed E-state index contributed by atoms with van der Waals surface area (Å²) in [7, 11) is 0. The van der Waals surface area contributed by atoms with Gasteiger partial charge >= 0.3 is 0 Å². The Morgan fingerprint density at radius 3 is 2.71 bits per heavy atom. The van der Waals surface area contributed by atoms with Gasteiger partial charge in [0.05, 0.1) is 18.3 Å². The minimum atomic E-state index is -0.264. The summed E-state index contributed by atoms with van der Waals surface area (Å²) >= 11 is 0. The van der Waals surface area contributed by atoms with E-state index in [1.165, 1.54) is 17.1 Å². The lowest BCUT2D eigenvalue weighted by Gasteiger charge is -2.13. The molecule has 2 amide bonds. The molecular weight excluding hydrogens is 218 g/mol. The van der Waals surface area contributed by atoms with E-state index in [2.05, 4.69) is 10.2 Å². The Balaban J connectivity index is 1.89. The van der Waals surface area contributed by atoms with Crippen molar-refractivity contribution in [2.24, 2.45) is 0 Å². The molecule has 0 spiro atoms. The van der Waals surface area contributed by atoms with Crippen molar-refractivity contribution in [2.45, 2.75) is 6.54 Å². The Kier molecular flexibility index (Phi) is 2.04. The minimum absolute atomic E-state index is 0.264. The number of imide groups is 1. The van der Waals surface area contributed by atoms with E-state index in [4.69, 9.17) is 0 Å². The van der Waals surface area contributed by atoms with Crippen LogP contribution in [-0.4, -0.2) is 26.9 Å². The molecule has 5 heteroatoms. The Morgan fingerprint density at radius 1 is 1.18 bits per heavy atom. The molecule has 17 heavy (non-hydrogen) atoms. The van der Waals surface area contributed by atoms with Gasteiger partial charge < -0.3 is 0 Å². The Morgan fingerprint density at radius 2 is 1.94 bits per heavy atom. The first-order chi connectivity index (χ1) is 8.24. The van der Waals surface area contributed by atoms with Crippen LogP contribution in [0.5, 0.6) is 0 Å². The molecule has 1 aliphatic heterocycles. The molecule has 0 atom stereocenters. The number of aromatic amines is 1. The summed E-state index contributed by atoms with van der Waals surface area (Å²) in [6, 6.07) is 5.69. The van der Waals surface area contributed by atoms with Gasteiger partial charge in [0.25, 0.3) is 11.8 Å². The number of hydrogen-bond donors (Lipinski definition) is 1. The highest BCUT2D eigenvalue weighted by Crippen LogP contribution is 2.16. The number of rotatable bonds is 2. The second kappa shape index (κ2) is 3.55. The molecule has 3 rings (SSSR count). The second-order valence-corrected chi connectivity index (χ2v) is 3.89. The molecule has 2 heterocycles. The molecule has 0 bridgehead atoms. The predicted octanol–water partition coefficient (Wildman–Crippen LogP) is 0.988. The molecule has 0 unspecified atom stereocenters. The Hall–Kier alpha value is -2.43. The zero-order valence-corrected chi connectivity index (χ0v) is 8.88. The highest BCUT2D eigenvalue weighted by Gasteiger charge is 2.23. The zero-order valence-electron chi connectivity index (χ0n) is 8.88. The molecule has 5 nitrogen and oxygen atoms in total. The molecule has 1 aliphatic rings. The summed E-state index contributed by atoms with van der Waals surface area (Å²) in [5, 5.41) is 7.78. The molecule has 0 saturated heterocycles. The SMILES string of the molecule is O=C1C=CC(=O)N1Cc1ccc2cn[nH]c2c1. The van der Waals surface area contributed by atoms with Gasteiger partial charge in [-0.15, -0.1) is 0 Å². The average molecular weight is 227 g/mol. The first kappa shape index (κ1) is 9.77. The van der Waals surface area contributed by atoms with Crippen LogP contribution in [-0.2, 0) is 16.1 Å². The second-order valence-electron chi connectivity index (χ2n) is 3.89. The summed E-state index contributed by atoms with van der Waals surface area (Å²) in [5.74, 6) is -0.528. The monoisotopic (exact) mass is 227 g/mol. The van der Waals surface area contributed by atoms with Gasteiger partial charge in [0, 0.05) is 17.5 Å². The number of nitrogens with one attached hydrogen (secondary N) is 1. The molecule has 1 N–H and O–H groups in total. The molecule has 84 valence electrons. The van der Waals surface area contributed by atoms with Crippen LogP contribution in [0.25, 0.3) is 10.9 Å². The molecule has 0 aliphatic carbocycles. The predicted molar refractivity (Wildman–Crippen MR) is 60.8 cm³/mol. The number of aromatic nitrogens is 2. The van der Waals surface area contributed by atoms with E-state index in [0.717, 1.165) is 16.5 Å². The highest BCUT2D eigenvalue weighted by molar-refractivity contribution is 6.12. The summed E-state index contributed by atoms with van der Waals surface area (Å²) in [6.07, 6.45) is 4.31. The lowest BCUT2D eigenvalue weighted by Crippen LogP contribution is -2.29. The van der Waals surface area contributed by atoms with Crippen LogP contribution >= 0.6 is 0 Å². The number of carbonyl (C=O) groups is 2. The molecule has 0 fully saturated rings. The Bertz CT molecular complexity index is 624. The smallest absolute Gasteiger partial charge is 0.253 e. The van der Waals surface area contributed by atoms with E-state index in [9.17, 15) is 9.59 Å². The van der Waals surface area contributed by atoms with Crippen molar-refractivity contribution in [3.63, 3.8) is 0 Å². The standard InChI is InChI=1S/C12H9N3O2/c16-11-3-4-12(17)15(11)7-8-1-2-9-6-13-14-10(9)5-8/h1-6H,7H2,(H,13,14). The van der Waals surface area contributed by atoms with E-state index < -0.39 is 0 Å². The number of hydrogen-bond acceptors (Lipinski definition) is 3. The van der Waals surface area contributed by atoms with Gasteiger partial charge in [-0.25, -0.2) is 0 Å². The fourth-order valence-electron chi connectivity index (χ4n) is 1.85. The minimum Gasteiger partial charge on any atom is -0.278 e. The quantitative estimate of drug-likeness (QED) is 0.778. The number of benzene rings is 1. The van der Waals surface area contributed by atoms with Crippen LogP contribution in [0.15, 0.2) is 36.5 Å². The summed E-state index contributed by atoms with van der Waals surface area (Å²) < 4.78 is 0. The van der Waals surface area contributed by atoms with Crippen molar-refractivity contribution in [2.75, 3.05) is 0 Å². The normalized spacial score (nSPS) is 15.2. The molecule has 1 aromatic carbocycles. The van der Waals surface area contributed by atoms with Crippen molar-refractivity contribution >= 4 is 22.7 Å². The maximum Gasteiger partial charge on any atom is 0.253 e. The van der Waals surface area contributed by atoms with Crippen LogP contribution in [0.3, 0.4) is 0 Å². The number of H-pyrrole nitrogens is 1. The summed E-state index contributed by atoms with van der Waals surface area (Å²) in [6.45, 7) is 0.291. The van der Waals surface area contributed by atoms with Gasteiger partial charge in [-0.3, -0.25) is 19.6 Å². The van der Waals surface area contributed by atoms with Crippen molar-refractivity contribution in [3.8, 4) is 0 Å². The topological polar surface area (TPSA) is 66.1 Å². The molecule has 1 aromatic heterocycles. The first-order valence-corrected chi connectivity index (χ1v) is 5.19. The lowest BCUT2D eigenvalue weighted by atomic mass is 10.1.